The Balaban J connectivity index is 2.08. The van der Waals surface area contributed by atoms with Gasteiger partial charge in [-0.05, 0) is 12.5 Å². The largest absolute Gasteiger partial charge is 0.351 e. The molecular weight excluding hydrogens is 306 g/mol. The highest BCUT2D eigenvalue weighted by molar-refractivity contribution is 5.74. The van der Waals surface area contributed by atoms with Crippen molar-refractivity contribution in [3.8, 4) is 0 Å². The lowest BCUT2D eigenvalue weighted by molar-refractivity contribution is 0.817. The molecule has 0 aliphatic heterocycles. The number of aryl methyl sites for hydroxylation is 1. The summed E-state index contributed by atoms with van der Waals surface area (Å²) < 4.78 is 3.12. The van der Waals surface area contributed by atoms with Crippen LogP contribution in [-0.2, 0) is 20.1 Å². The fraction of sp³-hybridized carbons (Fsp3) is 0.235. The predicted molar refractivity (Wildman–Crippen MR) is 94.2 cm³/mol. The van der Waals surface area contributed by atoms with Gasteiger partial charge in [0.05, 0.1) is 0 Å². The fourth-order valence-corrected chi connectivity index (χ4v) is 2.54. The van der Waals surface area contributed by atoms with Crippen LogP contribution in [0.15, 0.2) is 52.1 Å². The standard InChI is InChI=1S/C17H19N5O2/c1-3-4-10-22-13-14(21(2)17(24)20-15(13)23)19-16(22)18-11-12-8-6-5-7-9-12/h3-9H,10-11H2,1-2H3,(H,18,19)(H,20,23,24)/b4-3-. The zero-order valence-electron chi connectivity index (χ0n) is 13.6. The van der Waals surface area contributed by atoms with Gasteiger partial charge in [-0.1, -0.05) is 42.5 Å². The van der Waals surface area contributed by atoms with E-state index in [1.54, 1.807) is 11.6 Å². The number of hydrogen-bond donors (Lipinski definition) is 2. The average Bonchev–Trinajstić information content (AvgIpc) is 2.96. The summed E-state index contributed by atoms with van der Waals surface area (Å²) in [5, 5.41) is 3.25. The highest BCUT2D eigenvalue weighted by Gasteiger charge is 2.16. The van der Waals surface area contributed by atoms with Crippen molar-refractivity contribution in [1.82, 2.24) is 19.1 Å². The van der Waals surface area contributed by atoms with Crippen LogP contribution in [0.2, 0.25) is 0 Å². The van der Waals surface area contributed by atoms with Crippen molar-refractivity contribution in [3.05, 3.63) is 68.9 Å². The van der Waals surface area contributed by atoms with E-state index in [1.165, 1.54) is 4.57 Å². The molecule has 24 heavy (non-hydrogen) atoms. The second-order valence-corrected chi connectivity index (χ2v) is 5.44. The molecule has 3 rings (SSSR count). The molecule has 0 aliphatic carbocycles. The zero-order valence-corrected chi connectivity index (χ0v) is 13.6. The van der Waals surface area contributed by atoms with Crippen molar-refractivity contribution >= 4 is 17.1 Å². The van der Waals surface area contributed by atoms with E-state index in [0.29, 0.717) is 30.2 Å². The first-order chi connectivity index (χ1) is 11.6. The molecule has 0 fully saturated rings. The van der Waals surface area contributed by atoms with Crippen molar-refractivity contribution in [2.24, 2.45) is 7.05 Å². The number of nitrogens with zero attached hydrogens (tertiary/aromatic N) is 3. The van der Waals surface area contributed by atoms with Gasteiger partial charge in [0.25, 0.3) is 5.56 Å². The van der Waals surface area contributed by atoms with Crippen molar-refractivity contribution in [1.29, 1.82) is 0 Å². The monoisotopic (exact) mass is 325 g/mol. The molecule has 2 N–H and O–H groups in total. The van der Waals surface area contributed by atoms with Crippen LogP contribution in [0, 0.1) is 0 Å². The van der Waals surface area contributed by atoms with E-state index in [4.69, 9.17) is 0 Å². The summed E-state index contributed by atoms with van der Waals surface area (Å²) in [6.07, 6.45) is 3.84. The van der Waals surface area contributed by atoms with Crippen LogP contribution in [0.25, 0.3) is 11.2 Å². The van der Waals surface area contributed by atoms with E-state index in [9.17, 15) is 9.59 Å². The molecule has 1 aromatic carbocycles. The van der Waals surface area contributed by atoms with Gasteiger partial charge in [-0.3, -0.25) is 14.3 Å². The minimum absolute atomic E-state index is 0.365. The molecular formula is C17H19N5O2. The molecule has 0 spiro atoms. The van der Waals surface area contributed by atoms with E-state index >= 15 is 0 Å². The molecule has 7 heteroatoms. The van der Waals surface area contributed by atoms with E-state index in [2.05, 4.69) is 15.3 Å². The molecule has 2 heterocycles. The summed E-state index contributed by atoms with van der Waals surface area (Å²) in [5.41, 5.74) is 0.940. The van der Waals surface area contributed by atoms with Crippen LogP contribution in [0.1, 0.15) is 12.5 Å². The number of hydrogen-bond acceptors (Lipinski definition) is 4. The Kier molecular flexibility index (Phi) is 4.33. The fourth-order valence-electron chi connectivity index (χ4n) is 2.54. The number of fused-ring (bicyclic) bond motifs is 1. The molecule has 3 aromatic rings. The summed E-state index contributed by atoms with van der Waals surface area (Å²) in [6.45, 7) is 2.98. The van der Waals surface area contributed by atoms with Crippen LogP contribution in [0.4, 0.5) is 5.95 Å². The third-order valence-electron chi connectivity index (χ3n) is 3.82. The van der Waals surface area contributed by atoms with Crippen LogP contribution in [0.5, 0.6) is 0 Å². The molecule has 0 aliphatic rings. The number of anilines is 1. The van der Waals surface area contributed by atoms with Crippen LogP contribution in [-0.4, -0.2) is 19.1 Å². The first-order valence-electron chi connectivity index (χ1n) is 7.70. The maximum Gasteiger partial charge on any atom is 0.329 e. The first-order valence-corrected chi connectivity index (χ1v) is 7.70. The molecule has 0 amide bonds. The first kappa shape index (κ1) is 15.8. The molecule has 7 nitrogen and oxygen atoms in total. The number of H-pyrrole nitrogens is 1. The lowest BCUT2D eigenvalue weighted by atomic mass is 10.2. The summed E-state index contributed by atoms with van der Waals surface area (Å²) in [6, 6.07) is 9.91. The molecule has 0 atom stereocenters. The SMILES string of the molecule is C/C=C\Cn1c(NCc2ccccc2)nc2c1c(=O)[nH]c(=O)n2C. The van der Waals surface area contributed by atoms with Gasteiger partial charge in [-0.25, -0.2) is 4.79 Å². The molecule has 0 saturated heterocycles. The molecule has 2 aromatic heterocycles. The molecule has 0 unspecified atom stereocenters. The smallest absolute Gasteiger partial charge is 0.329 e. The topological polar surface area (TPSA) is 84.7 Å². The van der Waals surface area contributed by atoms with Gasteiger partial charge in [-0.15, -0.1) is 0 Å². The summed E-state index contributed by atoms with van der Waals surface area (Å²) in [4.78, 5) is 30.8. The maximum absolute atomic E-state index is 12.2. The van der Waals surface area contributed by atoms with Gasteiger partial charge >= 0.3 is 5.69 Å². The third-order valence-corrected chi connectivity index (χ3v) is 3.82. The summed E-state index contributed by atoms with van der Waals surface area (Å²) >= 11 is 0. The van der Waals surface area contributed by atoms with Gasteiger partial charge in [0.2, 0.25) is 5.95 Å². The Morgan fingerprint density at radius 3 is 2.71 bits per heavy atom. The number of imidazole rings is 1. The van der Waals surface area contributed by atoms with E-state index < -0.39 is 11.2 Å². The van der Waals surface area contributed by atoms with Crippen molar-refractivity contribution < 1.29 is 0 Å². The Morgan fingerprint density at radius 2 is 2.00 bits per heavy atom. The minimum atomic E-state index is -0.474. The second kappa shape index (κ2) is 6.57. The van der Waals surface area contributed by atoms with E-state index in [1.807, 2.05) is 49.4 Å². The maximum atomic E-state index is 12.2. The lowest BCUT2D eigenvalue weighted by Crippen LogP contribution is -2.29. The van der Waals surface area contributed by atoms with Crippen LogP contribution >= 0.6 is 0 Å². The number of benzene rings is 1. The quantitative estimate of drug-likeness (QED) is 0.698. The van der Waals surface area contributed by atoms with Gasteiger partial charge in [0, 0.05) is 20.1 Å². The highest BCUT2D eigenvalue weighted by Crippen LogP contribution is 2.16. The van der Waals surface area contributed by atoms with Gasteiger partial charge in [0.1, 0.15) is 0 Å². The lowest BCUT2D eigenvalue weighted by Gasteiger charge is -2.08. The minimum Gasteiger partial charge on any atom is -0.351 e. The molecule has 124 valence electrons. The highest BCUT2D eigenvalue weighted by atomic mass is 16.2. The predicted octanol–water partition coefficient (Wildman–Crippen LogP) is 1.61. The summed E-state index contributed by atoms with van der Waals surface area (Å²) in [7, 11) is 1.59. The van der Waals surface area contributed by atoms with Crippen molar-refractivity contribution in [3.63, 3.8) is 0 Å². The number of nitrogens with one attached hydrogen (secondary N) is 2. The van der Waals surface area contributed by atoms with Crippen LogP contribution < -0.4 is 16.6 Å². The second-order valence-electron chi connectivity index (χ2n) is 5.44. The van der Waals surface area contributed by atoms with Crippen molar-refractivity contribution in [2.75, 3.05) is 5.32 Å². The average molecular weight is 325 g/mol. The number of aromatic amines is 1. The van der Waals surface area contributed by atoms with Crippen LogP contribution in [0.3, 0.4) is 0 Å². The molecule has 0 radical (unpaired) electrons. The van der Waals surface area contributed by atoms with Gasteiger partial charge in [-0.2, -0.15) is 4.98 Å². The number of allylic oxidation sites excluding steroid dienone is 2. The van der Waals surface area contributed by atoms with E-state index in [-0.39, 0.29) is 0 Å². The Bertz CT molecular complexity index is 995. The Morgan fingerprint density at radius 1 is 1.25 bits per heavy atom. The van der Waals surface area contributed by atoms with Gasteiger partial charge < -0.3 is 9.88 Å². The van der Waals surface area contributed by atoms with Gasteiger partial charge in [0.15, 0.2) is 11.2 Å². The van der Waals surface area contributed by atoms with E-state index in [0.717, 1.165) is 5.56 Å². The molecule has 0 bridgehead atoms. The van der Waals surface area contributed by atoms with Crippen molar-refractivity contribution in [2.45, 2.75) is 20.0 Å². The number of aromatic nitrogens is 4. The zero-order chi connectivity index (χ0) is 17.1. The summed E-state index contributed by atoms with van der Waals surface area (Å²) in [5.74, 6) is 0.554. The Hall–Kier alpha value is -3.09. The Labute approximate surface area is 138 Å². The third kappa shape index (κ3) is 2.88. The normalized spacial score (nSPS) is 11.4. The molecule has 0 saturated carbocycles. The number of rotatable bonds is 5.